The second-order valence-electron chi connectivity index (χ2n) is 5.70. The summed E-state index contributed by atoms with van der Waals surface area (Å²) in [7, 11) is -3.89. The van der Waals surface area contributed by atoms with Gasteiger partial charge in [-0.25, -0.2) is 4.79 Å². The fourth-order valence-electron chi connectivity index (χ4n) is 2.79. The van der Waals surface area contributed by atoms with Gasteiger partial charge in [-0.2, -0.15) is 21.6 Å². The third kappa shape index (κ3) is 4.09. The molecule has 0 saturated heterocycles. The van der Waals surface area contributed by atoms with Gasteiger partial charge in [0.15, 0.2) is 0 Å². The van der Waals surface area contributed by atoms with Crippen LogP contribution in [0.1, 0.15) is 12.0 Å². The van der Waals surface area contributed by atoms with E-state index in [1.54, 1.807) is 0 Å². The largest absolute Gasteiger partial charge is 0.516 e. The molecule has 1 heterocycles. The Labute approximate surface area is 163 Å². The Balaban J connectivity index is 2.80. The number of nitrogens with zero attached hydrogens (tertiary/aromatic N) is 1. The normalized spacial score (nSPS) is 18.6. The molecule has 154 valence electrons. The minimum Gasteiger partial charge on any atom is -0.469 e. The van der Waals surface area contributed by atoms with Gasteiger partial charge in [0, 0.05) is 11.1 Å². The average molecular weight is 442 g/mol. The molecular formula is C16H15ClF3NO6S. The number of halogens is 4. The van der Waals surface area contributed by atoms with E-state index in [2.05, 4.69) is 9.47 Å². The summed E-state index contributed by atoms with van der Waals surface area (Å²) in [4.78, 5) is 23.5. The van der Waals surface area contributed by atoms with Gasteiger partial charge in [0.05, 0.1) is 32.4 Å². The van der Waals surface area contributed by atoms with Crippen molar-refractivity contribution in [3.05, 3.63) is 40.4 Å². The third-order valence-electron chi connectivity index (χ3n) is 4.07. The Morgan fingerprint density at radius 3 is 2.46 bits per heavy atom. The summed E-state index contributed by atoms with van der Waals surface area (Å²) >= 11 is 6.05. The lowest BCUT2D eigenvalue weighted by Crippen LogP contribution is -2.51. The molecule has 0 saturated carbocycles. The molecule has 0 spiro atoms. The number of methoxy groups -OCH3 is 2. The first-order valence-corrected chi connectivity index (χ1v) is 9.49. The number of anilines is 1. The van der Waals surface area contributed by atoms with E-state index in [1.165, 1.54) is 12.1 Å². The Bertz CT molecular complexity index is 929. The average Bonchev–Trinajstić information content (AvgIpc) is 2.61. The molecule has 1 aliphatic heterocycles. The summed E-state index contributed by atoms with van der Waals surface area (Å²) in [6.07, 6.45) is -0.0605. The topological polar surface area (TPSA) is 90.0 Å². The van der Waals surface area contributed by atoms with Crippen LogP contribution in [0.5, 0.6) is 0 Å². The Morgan fingerprint density at radius 1 is 1.29 bits per heavy atom. The molecule has 12 heteroatoms. The van der Waals surface area contributed by atoms with E-state index in [9.17, 15) is 31.2 Å². The van der Waals surface area contributed by atoms with E-state index >= 15 is 0 Å². The number of esters is 2. The van der Waals surface area contributed by atoms with Crippen LogP contribution in [0.3, 0.4) is 0 Å². The van der Waals surface area contributed by atoms with Crippen LogP contribution in [0.4, 0.5) is 18.9 Å². The number of ether oxygens (including phenoxy) is 2. The first-order valence-electron chi connectivity index (χ1n) is 7.67. The van der Waals surface area contributed by atoms with Crippen LogP contribution in [0.15, 0.2) is 29.8 Å². The summed E-state index contributed by atoms with van der Waals surface area (Å²) in [5.41, 5.74) is -6.02. The molecule has 0 radical (unpaired) electrons. The monoisotopic (exact) mass is 441 g/mol. The third-order valence-corrected chi connectivity index (χ3v) is 5.98. The zero-order chi connectivity index (χ0) is 21.3. The lowest BCUT2D eigenvalue weighted by atomic mass is 9.90. The Morgan fingerprint density at radius 2 is 1.93 bits per heavy atom. The second-order valence-corrected chi connectivity index (χ2v) is 7.91. The smallest absolute Gasteiger partial charge is 0.469 e. The zero-order valence-corrected chi connectivity index (χ0v) is 16.2. The van der Waals surface area contributed by atoms with Gasteiger partial charge in [-0.15, -0.1) is 0 Å². The van der Waals surface area contributed by atoms with Crippen molar-refractivity contribution < 1.29 is 40.7 Å². The highest BCUT2D eigenvalue weighted by Crippen LogP contribution is 2.43. The minimum absolute atomic E-state index is 0.00663. The van der Waals surface area contributed by atoms with E-state index in [1.807, 2.05) is 0 Å². The van der Waals surface area contributed by atoms with Crippen molar-refractivity contribution in [2.45, 2.75) is 24.4 Å². The predicted molar refractivity (Wildman–Crippen MR) is 93.1 cm³/mol. The summed E-state index contributed by atoms with van der Waals surface area (Å²) in [5.74, 6) is -1.89. The van der Waals surface area contributed by atoms with Gasteiger partial charge in [0.2, 0.25) is 0 Å². The summed E-state index contributed by atoms with van der Waals surface area (Å²) in [6, 6.07) is 2.15. The van der Waals surface area contributed by atoms with Gasteiger partial charge in [0.1, 0.15) is 0 Å². The Kier molecular flexibility index (Phi) is 6.29. The lowest BCUT2D eigenvalue weighted by molar-refractivity contribution is -0.141. The molecule has 0 amide bonds. The molecule has 1 atom stereocenters. The molecule has 0 aliphatic carbocycles. The van der Waals surface area contributed by atoms with Crippen molar-refractivity contribution in [2.24, 2.45) is 0 Å². The highest BCUT2D eigenvalue weighted by Gasteiger charge is 2.54. The second kappa shape index (κ2) is 8.00. The molecule has 28 heavy (non-hydrogen) atoms. The maximum atomic E-state index is 13.4. The van der Waals surface area contributed by atoms with Crippen LogP contribution in [-0.2, 0) is 35.5 Å². The van der Waals surface area contributed by atoms with E-state index < -0.39 is 39.9 Å². The first-order chi connectivity index (χ1) is 12.9. The van der Waals surface area contributed by atoms with Crippen LogP contribution in [0.2, 0.25) is 5.02 Å². The molecule has 1 aromatic carbocycles. The molecule has 0 N–H and O–H groups in total. The van der Waals surface area contributed by atoms with Crippen LogP contribution in [0, 0.1) is 0 Å². The lowest BCUT2D eigenvalue weighted by Gasteiger charge is -2.39. The van der Waals surface area contributed by atoms with Crippen LogP contribution >= 0.6 is 11.6 Å². The van der Waals surface area contributed by atoms with Gasteiger partial charge < -0.3 is 9.47 Å². The van der Waals surface area contributed by atoms with Gasteiger partial charge in [-0.05, 0) is 29.7 Å². The summed E-state index contributed by atoms with van der Waals surface area (Å²) in [6.45, 7) is 0. The van der Waals surface area contributed by atoms with Crippen molar-refractivity contribution in [1.29, 1.82) is 0 Å². The number of alkyl halides is 3. The molecule has 0 bridgehead atoms. The van der Waals surface area contributed by atoms with E-state index in [0.29, 0.717) is 0 Å². The fraction of sp³-hybridized carbons (Fsp3) is 0.375. The highest BCUT2D eigenvalue weighted by atomic mass is 35.5. The highest BCUT2D eigenvalue weighted by molar-refractivity contribution is 7.93. The maximum absolute atomic E-state index is 13.4. The predicted octanol–water partition coefficient (Wildman–Crippen LogP) is 2.58. The van der Waals surface area contributed by atoms with Crippen molar-refractivity contribution in [3.63, 3.8) is 0 Å². The zero-order valence-electron chi connectivity index (χ0n) is 14.6. The molecule has 7 nitrogen and oxygen atoms in total. The molecule has 0 unspecified atom stereocenters. The number of hydrogen-bond donors (Lipinski definition) is 0. The summed E-state index contributed by atoms with van der Waals surface area (Å²) < 4.78 is 73.8. The number of sulfonamides is 1. The number of benzene rings is 1. The molecular weight excluding hydrogens is 427 g/mol. The molecule has 0 aromatic heterocycles. The van der Waals surface area contributed by atoms with Crippen molar-refractivity contribution >= 4 is 39.3 Å². The van der Waals surface area contributed by atoms with E-state index in [-0.39, 0.29) is 32.6 Å². The van der Waals surface area contributed by atoms with Crippen LogP contribution in [-0.4, -0.2) is 46.1 Å². The van der Waals surface area contributed by atoms with Crippen molar-refractivity contribution in [2.75, 3.05) is 18.5 Å². The molecule has 2 rings (SSSR count). The molecule has 0 fully saturated rings. The van der Waals surface area contributed by atoms with E-state index in [4.69, 9.17) is 11.6 Å². The van der Waals surface area contributed by atoms with Gasteiger partial charge in [-0.1, -0.05) is 17.7 Å². The quantitative estimate of drug-likeness (QED) is 0.527. The van der Waals surface area contributed by atoms with E-state index in [0.717, 1.165) is 26.4 Å². The van der Waals surface area contributed by atoms with Gasteiger partial charge in [-0.3, -0.25) is 9.10 Å². The number of hydrogen-bond acceptors (Lipinski definition) is 6. The van der Waals surface area contributed by atoms with Crippen molar-refractivity contribution in [3.8, 4) is 0 Å². The minimum atomic E-state index is -5.93. The SMILES string of the molecule is COC(=O)/C=C1/Cc2c(Cl)cccc2N(S(=O)(=O)C(F)(F)F)[C@H]1CC(=O)OC. The fourth-order valence-corrected chi connectivity index (χ4v) is 4.22. The number of carbonyl (C=O) groups excluding carboxylic acids is 2. The number of rotatable bonds is 4. The van der Waals surface area contributed by atoms with Gasteiger partial charge >= 0.3 is 27.5 Å². The van der Waals surface area contributed by atoms with Crippen molar-refractivity contribution in [1.82, 2.24) is 0 Å². The first kappa shape index (κ1) is 22.0. The van der Waals surface area contributed by atoms with Crippen LogP contribution < -0.4 is 4.31 Å². The number of carbonyl (C=O) groups is 2. The molecule has 1 aliphatic rings. The van der Waals surface area contributed by atoms with Crippen LogP contribution in [0.25, 0.3) is 0 Å². The Hall–Kier alpha value is -2.27. The van der Waals surface area contributed by atoms with Gasteiger partial charge in [0.25, 0.3) is 0 Å². The summed E-state index contributed by atoms with van der Waals surface area (Å²) in [5, 5.41) is 0.00663. The number of fused-ring (bicyclic) bond motifs is 1. The standard InChI is InChI=1S/C16H15ClF3NO6S/c1-26-14(22)7-9-6-10-11(17)4-3-5-12(10)21(13(9)8-15(23)27-2)28(24,25)16(18,19)20/h3-5,7,13H,6,8H2,1-2H3/b9-7-/t13-/m0/s1. The maximum Gasteiger partial charge on any atom is 0.516 e. The molecule has 1 aromatic rings.